The molecule has 0 saturated heterocycles. The van der Waals surface area contributed by atoms with Crippen LogP contribution in [0.15, 0.2) is 0 Å². The molecule has 5 nitrogen and oxygen atoms in total. The van der Waals surface area contributed by atoms with E-state index in [0.29, 0.717) is 6.42 Å². The number of carbonyl (C=O) groups excluding carboxylic acids is 2. The molecule has 5 N–H and O–H groups in total. The lowest BCUT2D eigenvalue weighted by Crippen LogP contribution is -2.46. The molecule has 0 aromatic heterocycles. The predicted molar refractivity (Wildman–Crippen MR) is 64.0 cm³/mol. The third-order valence-corrected chi connectivity index (χ3v) is 2.87. The first kappa shape index (κ1) is 15.2. The van der Waals surface area contributed by atoms with E-state index in [2.05, 4.69) is 5.32 Å². The van der Waals surface area contributed by atoms with Crippen LogP contribution in [0.1, 0.15) is 32.6 Å². The molecule has 6 heteroatoms. The number of hydrogen-bond donors (Lipinski definition) is 3. The SMILES string of the molecule is C[C@H](NC(=O)C1CCCC(N)C1)C(N)=O.Cl. The third-order valence-electron chi connectivity index (χ3n) is 2.87. The van der Waals surface area contributed by atoms with Crippen molar-refractivity contribution < 1.29 is 9.59 Å². The minimum Gasteiger partial charge on any atom is -0.368 e. The quantitative estimate of drug-likeness (QED) is 0.652. The number of primary amides is 1. The van der Waals surface area contributed by atoms with Crippen molar-refractivity contribution in [2.45, 2.75) is 44.7 Å². The van der Waals surface area contributed by atoms with Crippen LogP contribution in [0.2, 0.25) is 0 Å². The minimum absolute atomic E-state index is 0. The molecule has 94 valence electrons. The lowest BCUT2D eigenvalue weighted by Gasteiger charge is -2.26. The maximum atomic E-state index is 11.7. The first-order valence-corrected chi connectivity index (χ1v) is 5.36. The van der Waals surface area contributed by atoms with E-state index >= 15 is 0 Å². The van der Waals surface area contributed by atoms with Crippen molar-refractivity contribution in [3.8, 4) is 0 Å². The first-order valence-electron chi connectivity index (χ1n) is 5.36. The van der Waals surface area contributed by atoms with Crippen LogP contribution in [-0.2, 0) is 9.59 Å². The summed E-state index contributed by atoms with van der Waals surface area (Å²) < 4.78 is 0. The molecule has 0 spiro atoms. The Bertz CT molecular complexity index is 260. The van der Waals surface area contributed by atoms with Crippen molar-refractivity contribution in [2.75, 3.05) is 0 Å². The maximum absolute atomic E-state index is 11.7. The van der Waals surface area contributed by atoms with Gasteiger partial charge in [-0.05, 0) is 26.2 Å². The molecule has 1 rings (SSSR count). The monoisotopic (exact) mass is 249 g/mol. The van der Waals surface area contributed by atoms with Crippen molar-refractivity contribution >= 4 is 24.2 Å². The summed E-state index contributed by atoms with van der Waals surface area (Å²) in [5, 5.41) is 2.60. The van der Waals surface area contributed by atoms with Crippen molar-refractivity contribution in [1.29, 1.82) is 0 Å². The second-order valence-corrected chi connectivity index (χ2v) is 4.26. The van der Waals surface area contributed by atoms with E-state index in [1.165, 1.54) is 0 Å². The molecule has 0 aliphatic heterocycles. The summed E-state index contributed by atoms with van der Waals surface area (Å²) in [5.41, 5.74) is 10.8. The number of hydrogen-bond acceptors (Lipinski definition) is 3. The molecule has 1 aliphatic rings. The first-order chi connectivity index (χ1) is 7.00. The van der Waals surface area contributed by atoms with Gasteiger partial charge >= 0.3 is 0 Å². The van der Waals surface area contributed by atoms with Crippen LogP contribution in [0, 0.1) is 5.92 Å². The number of amides is 2. The van der Waals surface area contributed by atoms with Crippen LogP contribution in [0.3, 0.4) is 0 Å². The van der Waals surface area contributed by atoms with Gasteiger partial charge in [-0.1, -0.05) is 6.42 Å². The summed E-state index contributed by atoms with van der Waals surface area (Å²) in [4.78, 5) is 22.4. The topological polar surface area (TPSA) is 98.2 Å². The zero-order chi connectivity index (χ0) is 11.4. The van der Waals surface area contributed by atoms with E-state index < -0.39 is 11.9 Å². The molecule has 1 aliphatic carbocycles. The number of nitrogens with two attached hydrogens (primary N) is 2. The van der Waals surface area contributed by atoms with Crippen molar-refractivity contribution in [3.63, 3.8) is 0 Å². The van der Waals surface area contributed by atoms with Gasteiger partial charge in [-0.2, -0.15) is 0 Å². The van der Waals surface area contributed by atoms with Crippen molar-refractivity contribution in [3.05, 3.63) is 0 Å². The van der Waals surface area contributed by atoms with Gasteiger partial charge in [0.1, 0.15) is 6.04 Å². The molecule has 0 heterocycles. The van der Waals surface area contributed by atoms with Gasteiger partial charge in [0.15, 0.2) is 0 Å². The Morgan fingerprint density at radius 3 is 2.50 bits per heavy atom. The van der Waals surface area contributed by atoms with Gasteiger partial charge in [0, 0.05) is 12.0 Å². The Balaban J connectivity index is 0.00000225. The van der Waals surface area contributed by atoms with Gasteiger partial charge in [0.2, 0.25) is 11.8 Å². The fourth-order valence-corrected chi connectivity index (χ4v) is 1.87. The molecule has 0 bridgehead atoms. The molecular weight excluding hydrogens is 230 g/mol. The molecule has 16 heavy (non-hydrogen) atoms. The highest BCUT2D eigenvalue weighted by molar-refractivity contribution is 5.87. The second-order valence-electron chi connectivity index (χ2n) is 4.26. The standard InChI is InChI=1S/C10H19N3O2.ClH/c1-6(9(12)14)13-10(15)7-3-2-4-8(11)5-7;/h6-8H,2-5,11H2,1H3,(H2,12,14)(H,13,15);1H/t6-,7?,8?;/m0./s1. The summed E-state index contributed by atoms with van der Waals surface area (Å²) in [7, 11) is 0. The van der Waals surface area contributed by atoms with Crippen LogP contribution in [0.25, 0.3) is 0 Å². The Hall–Kier alpha value is -0.810. The fraction of sp³-hybridized carbons (Fsp3) is 0.800. The number of halogens is 1. The summed E-state index contributed by atoms with van der Waals surface area (Å²) in [6.45, 7) is 1.59. The van der Waals surface area contributed by atoms with Gasteiger partial charge < -0.3 is 16.8 Å². The van der Waals surface area contributed by atoms with Gasteiger partial charge in [-0.25, -0.2) is 0 Å². The molecule has 0 radical (unpaired) electrons. The van der Waals surface area contributed by atoms with Gasteiger partial charge in [0.25, 0.3) is 0 Å². The molecule has 2 unspecified atom stereocenters. The lowest BCUT2D eigenvalue weighted by atomic mass is 9.85. The van der Waals surface area contributed by atoms with Crippen LogP contribution in [0.5, 0.6) is 0 Å². The van der Waals surface area contributed by atoms with E-state index in [-0.39, 0.29) is 30.3 Å². The number of nitrogens with one attached hydrogen (secondary N) is 1. The third kappa shape index (κ3) is 4.37. The average Bonchev–Trinajstić information content (AvgIpc) is 2.17. The Morgan fingerprint density at radius 2 is 2.00 bits per heavy atom. The zero-order valence-corrected chi connectivity index (χ0v) is 10.3. The molecule has 2 amide bonds. The highest BCUT2D eigenvalue weighted by atomic mass is 35.5. The van der Waals surface area contributed by atoms with E-state index in [0.717, 1.165) is 19.3 Å². The van der Waals surface area contributed by atoms with Crippen LogP contribution in [-0.4, -0.2) is 23.9 Å². The molecule has 0 aromatic rings. The van der Waals surface area contributed by atoms with Crippen LogP contribution in [0.4, 0.5) is 0 Å². The fourth-order valence-electron chi connectivity index (χ4n) is 1.87. The second kappa shape index (κ2) is 6.70. The summed E-state index contributed by atoms with van der Waals surface area (Å²) >= 11 is 0. The van der Waals surface area contributed by atoms with Gasteiger partial charge in [0.05, 0.1) is 0 Å². The highest BCUT2D eigenvalue weighted by Gasteiger charge is 2.26. The molecule has 1 fully saturated rings. The van der Waals surface area contributed by atoms with Gasteiger partial charge in [-0.3, -0.25) is 9.59 Å². The largest absolute Gasteiger partial charge is 0.368 e. The summed E-state index contributed by atoms with van der Waals surface area (Å²) in [5.74, 6) is -0.671. The van der Waals surface area contributed by atoms with Crippen molar-refractivity contribution in [1.82, 2.24) is 5.32 Å². The lowest BCUT2D eigenvalue weighted by molar-refractivity contribution is -0.130. The summed E-state index contributed by atoms with van der Waals surface area (Å²) in [6.07, 6.45) is 3.52. The Morgan fingerprint density at radius 1 is 1.38 bits per heavy atom. The van der Waals surface area contributed by atoms with E-state index in [4.69, 9.17) is 11.5 Å². The number of rotatable bonds is 3. The van der Waals surface area contributed by atoms with Gasteiger partial charge in [-0.15, -0.1) is 12.4 Å². The Kier molecular flexibility index (Phi) is 6.36. The minimum atomic E-state index is -0.601. The van der Waals surface area contributed by atoms with E-state index in [1.807, 2.05) is 0 Å². The smallest absolute Gasteiger partial charge is 0.239 e. The molecular formula is C10H20ClN3O2. The van der Waals surface area contributed by atoms with E-state index in [9.17, 15) is 9.59 Å². The van der Waals surface area contributed by atoms with Crippen LogP contribution >= 0.6 is 12.4 Å². The Labute approximate surface area is 102 Å². The number of carbonyl (C=O) groups is 2. The molecule has 1 saturated carbocycles. The predicted octanol–water partition coefficient (Wildman–Crippen LogP) is -0.0843. The molecule has 0 aromatic carbocycles. The molecule has 3 atom stereocenters. The normalized spacial score (nSPS) is 26.4. The van der Waals surface area contributed by atoms with E-state index in [1.54, 1.807) is 6.92 Å². The maximum Gasteiger partial charge on any atom is 0.239 e. The van der Waals surface area contributed by atoms with Crippen LogP contribution < -0.4 is 16.8 Å². The highest BCUT2D eigenvalue weighted by Crippen LogP contribution is 2.23. The average molecular weight is 250 g/mol. The summed E-state index contributed by atoms with van der Waals surface area (Å²) in [6, 6.07) is -0.492. The zero-order valence-electron chi connectivity index (χ0n) is 9.44. The van der Waals surface area contributed by atoms with Crippen molar-refractivity contribution in [2.24, 2.45) is 17.4 Å².